The maximum absolute atomic E-state index is 14.0. The molecule has 1 saturated heterocycles. The third-order valence-corrected chi connectivity index (χ3v) is 7.03. The molecule has 2 heterocycles. The van der Waals surface area contributed by atoms with Crippen LogP contribution in [0.4, 0.5) is 13.2 Å². The second kappa shape index (κ2) is 8.57. The topological polar surface area (TPSA) is 95.2 Å². The standard InChI is InChI=1S/C20H16ClF3N4O3S/c21-13-7-11(1-3-14(13)22)19(12-2-4-15(23)16(24)8-12)20-26-9-18(27-20)32(30,31)28-6-5-25-17(29)10-28/h1-4,7-9,19H,5-6,10H2,(H,25,29)(H,26,27). The minimum atomic E-state index is -4.09. The van der Waals surface area contributed by atoms with E-state index < -0.39 is 39.3 Å². The van der Waals surface area contributed by atoms with Crippen molar-refractivity contribution < 1.29 is 26.4 Å². The number of piperazine rings is 1. The van der Waals surface area contributed by atoms with Crippen molar-refractivity contribution in [1.29, 1.82) is 0 Å². The summed E-state index contributed by atoms with van der Waals surface area (Å²) in [5, 5.41) is 1.99. The van der Waals surface area contributed by atoms with Crippen LogP contribution in [-0.4, -0.2) is 48.2 Å². The number of rotatable bonds is 5. The molecule has 1 atom stereocenters. The molecule has 1 aliphatic heterocycles. The van der Waals surface area contributed by atoms with E-state index in [0.717, 1.165) is 28.7 Å². The van der Waals surface area contributed by atoms with Crippen LogP contribution in [0.15, 0.2) is 47.6 Å². The van der Waals surface area contributed by atoms with Gasteiger partial charge in [0.05, 0.1) is 17.5 Å². The van der Waals surface area contributed by atoms with E-state index in [9.17, 15) is 26.4 Å². The molecule has 168 valence electrons. The van der Waals surface area contributed by atoms with Crippen LogP contribution >= 0.6 is 11.6 Å². The predicted molar refractivity (Wildman–Crippen MR) is 109 cm³/mol. The summed E-state index contributed by atoms with van der Waals surface area (Å²) in [4.78, 5) is 18.5. The molecule has 32 heavy (non-hydrogen) atoms. The first kappa shape index (κ1) is 22.3. The fraction of sp³-hybridized carbons (Fsp3) is 0.200. The summed E-state index contributed by atoms with van der Waals surface area (Å²) in [5.74, 6) is -4.10. The summed E-state index contributed by atoms with van der Waals surface area (Å²) >= 11 is 5.90. The molecule has 1 aromatic heterocycles. The zero-order chi connectivity index (χ0) is 23.0. The molecule has 0 saturated carbocycles. The highest BCUT2D eigenvalue weighted by atomic mass is 35.5. The van der Waals surface area contributed by atoms with Crippen LogP contribution in [0, 0.1) is 17.5 Å². The average molecular weight is 485 g/mol. The van der Waals surface area contributed by atoms with Crippen molar-refractivity contribution in [3.8, 4) is 0 Å². The summed E-state index contributed by atoms with van der Waals surface area (Å²) in [6, 6.07) is 6.98. The first-order chi connectivity index (χ1) is 15.2. The van der Waals surface area contributed by atoms with Gasteiger partial charge in [-0.15, -0.1) is 0 Å². The van der Waals surface area contributed by atoms with Gasteiger partial charge in [0.25, 0.3) is 10.0 Å². The molecular formula is C20H16ClF3N4O3S. The predicted octanol–water partition coefficient (Wildman–Crippen LogP) is 2.78. The highest BCUT2D eigenvalue weighted by molar-refractivity contribution is 7.89. The molecule has 7 nitrogen and oxygen atoms in total. The van der Waals surface area contributed by atoms with E-state index in [2.05, 4.69) is 15.3 Å². The van der Waals surface area contributed by atoms with E-state index in [1.54, 1.807) is 0 Å². The van der Waals surface area contributed by atoms with Gasteiger partial charge in [0.2, 0.25) is 5.91 Å². The molecule has 1 fully saturated rings. The highest BCUT2D eigenvalue weighted by Crippen LogP contribution is 2.33. The molecule has 0 bridgehead atoms. The van der Waals surface area contributed by atoms with Crippen molar-refractivity contribution in [2.24, 2.45) is 0 Å². The van der Waals surface area contributed by atoms with Crippen LogP contribution < -0.4 is 5.32 Å². The number of aromatic amines is 1. The van der Waals surface area contributed by atoms with Crippen molar-refractivity contribution >= 4 is 27.5 Å². The number of hydrogen-bond donors (Lipinski definition) is 2. The summed E-state index contributed by atoms with van der Waals surface area (Å²) in [6.07, 6.45) is 1.15. The van der Waals surface area contributed by atoms with Gasteiger partial charge in [0.1, 0.15) is 11.6 Å². The van der Waals surface area contributed by atoms with Crippen LogP contribution in [0.25, 0.3) is 0 Å². The van der Waals surface area contributed by atoms with Crippen LogP contribution in [0.2, 0.25) is 5.02 Å². The number of carbonyl (C=O) groups is 1. The van der Waals surface area contributed by atoms with Crippen molar-refractivity contribution in [1.82, 2.24) is 19.6 Å². The lowest BCUT2D eigenvalue weighted by Gasteiger charge is -2.24. The van der Waals surface area contributed by atoms with Gasteiger partial charge in [0, 0.05) is 19.3 Å². The normalized spacial score (nSPS) is 16.1. The SMILES string of the molecule is O=C1CN(S(=O)(=O)c2c[nH]c(C(c3ccc(F)c(F)c3)c3ccc(F)c(Cl)c3)n2)CCN1. The van der Waals surface area contributed by atoms with E-state index in [-0.39, 0.29) is 41.1 Å². The number of aromatic nitrogens is 2. The molecule has 3 aromatic rings. The van der Waals surface area contributed by atoms with Gasteiger partial charge in [-0.3, -0.25) is 4.79 Å². The molecule has 0 radical (unpaired) electrons. The number of H-pyrrole nitrogens is 1. The van der Waals surface area contributed by atoms with Crippen LogP contribution in [-0.2, 0) is 14.8 Å². The van der Waals surface area contributed by atoms with Crippen LogP contribution in [0.3, 0.4) is 0 Å². The Kier molecular flexibility index (Phi) is 5.97. The Morgan fingerprint density at radius 1 is 1.03 bits per heavy atom. The Balaban J connectivity index is 1.78. The zero-order valence-electron chi connectivity index (χ0n) is 16.3. The van der Waals surface area contributed by atoms with Gasteiger partial charge in [-0.1, -0.05) is 23.7 Å². The van der Waals surface area contributed by atoms with Gasteiger partial charge in [-0.05, 0) is 35.4 Å². The maximum atomic E-state index is 14.0. The Morgan fingerprint density at radius 3 is 2.38 bits per heavy atom. The second-order valence-corrected chi connectivity index (χ2v) is 9.38. The number of nitrogens with one attached hydrogen (secondary N) is 2. The third-order valence-electron chi connectivity index (χ3n) is 5.01. The lowest BCUT2D eigenvalue weighted by molar-refractivity contribution is -0.122. The number of sulfonamides is 1. The van der Waals surface area contributed by atoms with E-state index in [0.29, 0.717) is 5.56 Å². The van der Waals surface area contributed by atoms with E-state index in [1.807, 2.05) is 0 Å². The minimum Gasteiger partial charge on any atom is -0.354 e. The molecule has 4 rings (SSSR count). The number of benzene rings is 2. The Labute approximate surface area is 186 Å². The lowest BCUT2D eigenvalue weighted by atomic mass is 9.90. The Morgan fingerprint density at radius 2 is 1.72 bits per heavy atom. The van der Waals surface area contributed by atoms with Crippen molar-refractivity contribution in [3.05, 3.63) is 82.0 Å². The van der Waals surface area contributed by atoms with E-state index in [1.165, 1.54) is 18.2 Å². The van der Waals surface area contributed by atoms with Gasteiger partial charge >= 0.3 is 0 Å². The highest BCUT2D eigenvalue weighted by Gasteiger charge is 2.32. The first-order valence-electron chi connectivity index (χ1n) is 9.39. The summed E-state index contributed by atoms with van der Waals surface area (Å²) < 4.78 is 68.0. The summed E-state index contributed by atoms with van der Waals surface area (Å²) in [6.45, 7) is -0.0952. The fourth-order valence-electron chi connectivity index (χ4n) is 3.44. The van der Waals surface area contributed by atoms with Gasteiger partial charge in [-0.25, -0.2) is 26.6 Å². The fourth-order valence-corrected chi connectivity index (χ4v) is 4.94. The van der Waals surface area contributed by atoms with Gasteiger partial charge in [0.15, 0.2) is 16.7 Å². The summed E-state index contributed by atoms with van der Waals surface area (Å²) in [5.41, 5.74) is 0.611. The molecule has 1 amide bonds. The van der Waals surface area contributed by atoms with Crippen molar-refractivity contribution in [3.63, 3.8) is 0 Å². The van der Waals surface area contributed by atoms with E-state index in [4.69, 9.17) is 11.6 Å². The zero-order valence-corrected chi connectivity index (χ0v) is 17.9. The quantitative estimate of drug-likeness (QED) is 0.582. The summed E-state index contributed by atoms with van der Waals surface area (Å²) in [7, 11) is -4.09. The monoisotopic (exact) mass is 484 g/mol. The molecule has 0 aliphatic carbocycles. The van der Waals surface area contributed by atoms with Crippen molar-refractivity contribution in [2.75, 3.05) is 19.6 Å². The molecule has 0 spiro atoms. The van der Waals surface area contributed by atoms with E-state index >= 15 is 0 Å². The largest absolute Gasteiger partial charge is 0.354 e. The molecule has 2 N–H and O–H groups in total. The first-order valence-corrected chi connectivity index (χ1v) is 11.2. The lowest BCUT2D eigenvalue weighted by Crippen LogP contribution is -2.49. The third kappa shape index (κ3) is 4.23. The molecule has 1 unspecified atom stereocenters. The molecular weight excluding hydrogens is 469 g/mol. The van der Waals surface area contributed by atoms with Gasteiger partial charge < -0.3 is 10.3 Å². The van der Waals surface area contributed by atoms with Crippen molar-refractivity contribution in [2.45, 2.75) is 10.9 Å². The van der Waals surface area contributed by atoms with Crippen LogP contribution in [0.5, 0.6) is 0 Å². The average Bonchev–Trinajstić information content (AvgIpc) is 3.24. The van der Waals surface area contributed by atoms with Gasteiger partial charge in [-0.2, -0.15) is 4.31 Å². The maximum Gasteiger partial charge on any atom is 0.262 e. The number of imidazole rings is 1. The number of carbonyl (C=O) groups excluding carboxylic acids is 1. The number of hydrogen-bond acceptors (Lipinski definition) is 4. The number of amides is 1. The Hall–Kier alpha value is -2.89. The van der Waals surface area contributed by atoms with Crippen LogP contribution in [0.1, 0.15) is 22.9 Å². The Bertz CT molecular complexity index is 1250. The molecule has 1 aliphatic rings. The second-order valence-electron chi connectivity index (χ2n) is 7.09. The minimum absolute atomic E-state index is 0.0798. The number of nitrogens with zero attached hydrogens (tertiary/aromatic N) is 2. The number of halogens is 4. The molecule has 2 aromatic carbocycles. The molecule has 12 heteroatoms. The smallest absolute Gasteiger partial charge is 0.262 e.